The summed E-state index contributed by atoms with van der Waals surface area (Å²) in [6, 6.07) is 4.70. The summed E-state index contributed by atoms with van der Waals surface area (Å²) in [5, 5.41) is 14.3. The molecule has 0 bridgehead atoms. The van der Waals surface area contributed by atoms with Crippen molar-refractivity contribution < 1.29 is 9.66 Å². The van der Waals surface area contributed by atoms with Gasteiger partial charge in [-0.05, 0) is 18.5 Å². The fourth-order valence-corrected chi connectivity index (χ4v) is 2.01. The molecule has 1 aromatic rings. The summed E-state index contributed by atoms with van der Waals surface area (Å²) in [6.45, 7) is 3.42. The lowest BCUT2D eigenvalue weighted by Gasteiger charge is -2.17. The van der Waals surface area contributed by atoms with Gasteiger partial charge in [-0.2, -0.15) is 0 Å². The van der Waals surface area contributed by atoms with E-state index in [4.69, 9.17) is 16.3 Å². The van der Waals surface area contributed by atoms with Crippen LogP contribution in [0.4, 0.5) is 5.69 Å². The fourth-order valence-electron chi connectivity index (χ4n) is 1.76. The van der Waals surface area contributed by atoms with Crippen molar-refractivity contribution in [3.8, 4) is 0 Å². The van der Waals surface area contributed by atoms with E-state index < -0.39 is 4.92 Å². The largest absolute Gasteiger partial charge is 0.383 e. The molecule has 0 fully saturated rings. The van der Waals surface area contributed by atoms with Crippen LogP contribution in [0.25, 0.3) is 0 Å². The summed E-state index contributed by atoms with van der Waals surface area (Å²) < 4.78 is 5.12. The number of nitrogens with zero attached hydrogens (tertiary/aromatic N) is 1. The number of ether oxygens (including phenoxy) is 1. The predicted molar refractivity (Wildman–Crippen MR) is 71.2 cm³/mol. The number of benzene rings is 1. The van der Waals surface area contributed by atoms with Crippen LogP contribution < -0.4 is 5.32 Å². The number of likely N-dealkylation sites (N-methyl/N-ethyl adjacent to an activating group) is 1. The lowest BCUT2D eigenvalue weighted by molar-refractivity contribution is -0.384. The molecule has 0 aromatic heterocycles. The number of rotatable bonds is 7. The van der Waals surface area contributed by atoms with Gasteiger partial charge in [-0.25, -0.2) is 0 Å². The first-order valence-electron chi connectivity index (χ1n) is 5.73. The van der Waals surface area contributed by atoms with E-state index in [0.29, 0.717) is 18.1 Å². The van der Waals surface area contributed by atoms with Crippen LogP contribution in [0.15, 0.2) is 18.2 Å². The maximum Gasteiger partial charge on any atom is 0.270 e. The highest BCUT2D eigenvalue weighted by Crippen LogP contribution is 2.23. The van der Waals surface area contributed by atoms with E-state index in [1.807, 2.05) is 6.92 Å². The third kappa shape index (κ3) is 4.25. The second-order valence-electron chi connectivity index (χ2n) is 3.95. The number of non-ortho nitro benzene ring substituents is 1. The lowest BCUT2D eigenvalue weighted by atomic mass is 10.1. The molecular formula is C12H17ClN2O3. The molecule has 5 nitrogen and oxygen atoms in total. The van der Waals surface area contributed by atoms with Gasteiger partial charge in [0, 0.05) is 25.3 Å². The molecule has 0 spiro atoms. The molecule has 1 aromatic carbocycles. The Morgan fingerprint density at radius 2 is 2.28 bits per heavy atom. The van der Waals surface area contributed by atoms with Crippen LogP contribution in [0.2, 0.25) is 5.02 Å². The smallest absolute Gasteiger partial charge is 0.270 e. The van der Waals surface area contributed by atoms with Gasteiger partial charge < -0.3 is 10.1 Å². The summed E-state index contributed by atoms with van der Waals surface area (Å²) >= 11 is 6.04. The first-order valence-corrected chi connectivity index (χ1v) is 6.11. The molecule has 0 aliphatic carbocycles. The molecule has 0 saturated carbocycles. The molecule has 0 aliphatic rings. The molecule has 1 rings (SSSR count). The van der Waals surface area contributed by atoms with Crippen molar-refractivity contribution in [2.75, 3.05) is 20.3 Å². The van der Waals surface area contributed by atoms with Crippen molar-refractivity contribution in [1.29, 1.82) is 0 Å². The quantitative estimate of drug-likeness (QED) is 0.611. The first kappa shape index (κ1) is 14.9. The van der Waals surface area contributed by atoms with Crippen molar-refractivity contribution >= 4 is 17.3 Å². The lowest BCUT2D eigenvalue weighted by Crippen LogP contribution is -2.35. The zero-order chi connectivity index (χ0) is 13.5. The number of methoxy groups -OCH3 is 1. The molecular weight excluding hydrogens is 256 g/mol. The van der Waals surface area contributed by atoms with Gasteiger partial charge in [0.25, 0.3) is 5.69 Å². The summed E-state index contributed by atoms with van der Waals surface area (Å²) in [4.78, 5) is 10.2. The molecule has 100 valence electrons. The van der Waals surface area contributed by atoms with E-state index in [9.17, 15) is 10.1 Å². The monoisotopic (exact) mass is 272 g/mol. The van der Waals surface area contributed by atoms with Gasteiger partial charge in [0.15, 0.2) is 0 Å². The van der Waals surface area contributed by atoms with Gasteiger partial charge >= 0.3 is 0 Å². The molecule has 1 unspecified atom stereocenters. The Labute approximate surface area is 111 Å². The molecule has 0 heterocycles. The van der Waals surface area contributed by atoms with E-state index >= 15 is 0 Å². The second kappa shape index (κ2) is 7.31. The molecule has 1 N–H and O–H groups in total. The minimum atomic E-state index is -0.452. The number of halogens is 1. The Balaban J connectivity index is 2.79. The number of hydrogen-bond acceptors (Lipinski definition) is 4. The molecule has 0 saturated heterocycles. The number of nitro benzene ring substituents is 1. The van der Waals surface area contributed by atoms with Gasteiger partial charge in [0.2, 0.25) is 0 Å². The van der Waals surface area contributed by atoms with E-state index in [0.717, 1.165) is 12.1 Å². The SMILES string of the molecule is CCNC(COC)Cc1ccc([N+](=O)[O-])cc1Cl. The summed E-state index contributed by atoms with van der Waals surface area (Å²) in [5.41, 5.74) is 0.890. The molecule has 1 atom stereocenters. The highest BCUT2D eigenvalue weighted by atomic mass is 35.5. The minimum absolute atomic E-state index is 0.00972. The highest BCUT2D eigenvalue weighted by Gasteiger charge is 2.13. The molecule has 0 amide bonds. The Morgan fingerprint density at radius 3 is 2.78 bits per heavy atom. The van der Waals surface area contributed by atoms with Crippen LogP contribution in [0.1, 0.15) is 12.5 Å². The van der Waals surface area contributed by atoms with Crippen LogP contribution in [-0.4, -0.2) is 31.2 Å². The van der Waals surface area contributed by atoms with Gasteiger partial charge in [-0.3, -0.25) is 10.1 Å². The number of hydrogen-bond donors (Lipinski definition) is 1. The first-order chi connectivity index (χ1) is 8.58. The van der Waals surface area contributed by atoms with Crippen molar-refractivity contribution in [3.05, 3.63) is 38.9 Å². The van der Waals surface area contributed by atoms with Crippen molar-refractivity contribution in [3.63, 3.8) is 0 Å². The van der Waals surface area contributed by atoms with Gasteiger partial charge in [-0.1, -0.05) is 24.6 Å². The third-order valence-electron chi connectivity index (χ3n) is 2.57. The molecule has 0 aliphatic heterocycles. The van der Waals surface area contributed by atoms with E-state index in [2.05, 4.69) is 5.32 Å². The van der Waals surface area contributed by atoms with E-state index in [-0.39, 0.29) is 11.7 Å². The van der Waals surface area contributed by atoms with Crippen LogP contribution in [0.3, 0.4) is 0 Å². The summed E-state index contributed by atoms with van der Waals surface area (Å²) in [5.74, 6) is 0. The Hall–Kier alpha value is -1.17. The Kier molecular flexibility index (Phi) is 6.04. The van der Waals surface area contributed by atoms with Gasteiger partial charge in [0.05, 0.1) is 16.6 Å². The van der Waals surface area contributed by atoms with Crippen molar-refractivity contribution in [2.45, 2.75) is 19.4 Å². The standard InChI is InChI=1S/C12H17ClN2O3/c1-3-14-10(8-18-2)6-9-4-5-11(15(16)17)7-12(9)13/h4-5,7,10,14H,3,6,8H2,1-2H3. The Morgan fingerprint density at radius 1 is 1.56 bits per heavy atom. The number of nitrogens with one attached hydrogen (secondary N) is 1. The molecule has 6 heteroatoms. The average Bonchev–Trinajstić information content (AvgIpc) is 2.32. The molecule has 0 radical (unpaired) electrons. The van der Waals surface area contributed by atoms with E-state index in [1.54, 1.807) is 13.2 Å². The molecule has 18 heavy (non-hydrogen) atoms. The average molecular weight is 273 g/mol. The fraction of sp³-hybridized carbons (Fsp3) is 0.500. The van der Waals surface area contributed by atoms with Crippen LogP contribution in [-0.2, 0) is 11.2 Å². The third-order valence-corrected chi connectivity index (χ3v) is 2.93. The zero-order valence-corrected chi connectivity index (χ0v) is 11.2. The normalized spacial score (nSPS) is 12.4. The maximum atomic E-state index is 10.6. The maximum absolute atomic E-state index is 10.6. The van der Waals surface area contributed by atoms with Crippen molar-refractivity contribution in [2.24, 2.45) is 0 Å². The second-order valence-corrected chi connectivity index (χ2v) is 4.35. The predicted octanol–water partition coefficient (Wildman–Crippen LogP) is 2.42. The summed E-state index contributed by atoms with van der Waals surface area (Å²) in [7, 11) is 1.64. The van der Waals surface area contributed by atoms with Crippen molar-refractivity contribution in [1.82, 2.24) is 5.32 Å². The Bertz CT molecular complexity index is 406. The number of nitro groups is 1. The van der Waals surface area contributed by atoms with Crippen LogP contribution >= 0.6 is 11.6 Å². The zero-order valence-electron chi connectivity index (χ0n) is 10.5. The topological polar surface area (TPSA) is 64.4 Å². The summed E-state index contributed by atoms with van der Waals surface area (Å²) in [6.07, 6.45) is 0.679. The van der Waals surface area contributed by atoms with Gasteiger partial charge in [0.1, 0.15) is 0 Å². The van der Waals surface area contributed by atoms with Crippen LogP contribution in [0.5, 0.6) is 0 Å². The highest BCUT2D eigenvalue weighted by molar-refractivity contribution is 6.31. The van der Waals surface area contributed by atoms with Gasteiger partial charge in [-0.15, -0.1) is 0 Å². The minimum Gasteiger partial charge on any atom is -0.383 e. The van der Waals surface area contributed by atoms with E-state index in [1.165, 1.54) is 12.1 Å². The van der Waals surface area contributed by atoms with Crippen LogP contribution in [0, 0.1) is 10.1 Å².